The number of halogens is 3. The normalized spacial score (nSPS) is 12.5. The van der Waals surface area contributed by atoms with Crippen molar-refractivity contribution in [2.75, 3.05) is 26.8 Å². The molecule has 0 saturated heterocycles. The summed E-state index contributed by atoms with van der Waals surface area (Å²) in [5.41, 5.74) is 0. The summed E-state index contributed by atoms with van der Waals surface area (Å²) in [6.45, 7) is 2.90. The molecule has 0 fully saturated rings. The van der Waals surface area contributed by atoms with Crippen molar-refractivity contribution in [3.8, 4) is 0 Å². The molecule has 0 aromatic carbocycles. The largest absolute Gasteiger partial charge is 0.390 e. The number of methoxy groups -OCH3 is 1. The van der Waals surface area contributed by atoms with E-state index in [9.17, 15) is 13.2 Å². The molecule has 1 rings (SSSR count). The second-order valence-electron chi connectivity index (χ2n) is 4.95. The van der Waals surface area contributed by atoms with Crippen molar-refractivity contribution in [2.24, 2.45) is 12.0 Å². The highest BCUT2D eigenvalue weighted by molar-refractivity contribution is 5.79. The van der Waals surface area contributed by atoms with Gasteiger partial charge in [-0.05, 0) is 13.3 Å². The van der Waals surface area contributed by atoms with Crippen molar-refractivity contribution in [2.45, 2.75) is 32.5 Å². The van der Waals surface area contributed by atoms with Gasteiger partial charge in [0.1, 0.15) is 12.4 Å². The van der Waals surface area contributed by atoms with Crippen LogP contribution in [0.15, 0.2) is 4.99 Å². The third-order valence-electron chi connectivity index (χ3n) is 3.08. The predicted molar refractivity (Wildman–Crippen MR) is 80.0 cm³/mol. The van der Waals surface area contributed by atoms with Crippen LogP contribution in [-0.4, -0.2) is 53.7 Å². The molecule has 0 unspecified atom stereocenters. The molecule has 0 radical (unpaired) electrons. The van der Waals surface area contributed by atoms with Crippen LogP contribution in [-0.2, 0) is 18.3 Å². The Morgan fingerprint density at radius 3 is 2.52 bits per heavy atom. The van der Waals surface area contributed by atoms with Gasteiger partial charge >= 0.3 is 6.18 Å². The molecule has 2 N–H and O–H groups in total. The number of ether oxygens (including phenoxy) is 1. The minimum Gasteiger partial charge on any atom is -0.385 e. The first-order valence-electron chi connectivity index (χ1n) is 7.26. The molecule has 0 aliphatic rings. The first kappa shape index (κ1) is 19.2. The number of alkyl halides is 3. The fourth-order valence-electron chi connectivity index (χ4n) is 1.66. The maximum Gasteiger partial charge on any atom is 0.390 e. The number of aromatic nitrogens is 3. The molecule has 0 atom stereocenters. The standard InChI is InChI=1S/C13H23F3N6O/c1-10-20-21-11(22(10)2)9-19-12(17-6-4-8-23-3)18-7-5-13(14,15)16/h4-9H2,1-3H3,(H2,17,18,19). The zero-order valence-electron chi connectivity index (χ0n) is 13.6. The molecule has 0 spiro atoms. The maximum atomic E-state index is 12.2. The molecule has 0 amide bonds. The fraction of sp³-hybridized carbons (Fsp3) is 0.769. The highest BCUT2D eigenvalue weighted by Gasteiger charge is 2.26. The smallest absolute Gasteiger partial charge is 0.385 e. The Labute approximate surface area is 133 Å². The maximum absolute atomic E-state index is 12.2. The van der Waals surface area contributed by atoms with E-state index in [1.807, 2.05) is 14.0 Å². The molecular formula is C13H23F3N6O. The number of nitrogens with one attached hydrogen (secondary N) is 2. The molecule has 132 valence electrons. The van der Waals surface area contributed by atoms with Crippen LogP contribution < -0.4 is 10.6 Å². The van der Waals surface area contributed by atoms with Gasteiger partial charge in [0.25, 0.3) is 0 Å². The summed E-state index contributed by atoms with van der Waals surface area (Å²) >= 11 is 0. The summed E-state index contributed by atoms with van der Waals surface area (Å²) < 4.78 is 43.4. The number of hydrogen-bond donors (Lipinski definition) is 2. The SMILES string of the molecule is COCCCNC(=NCc1nnc(C)n1C)NCCC(F)(F)F. The molecule has 0 bridgehead atoms. The van der Waals surface area contributed by atoms with E-state index in [4.69, 9.17) is 4.74 Å². The summed E-state index contributed by atoms with van der Waals surface area (Å²) in [5.74, 6) is 1.69. The van der Waals surface area contributed by atoms with Crippen LogP contribution in [0.5, 0.6) is 0 Å². The lowest BCUT2D eigenvalue weighted by atomic mass is 10.4. The Hall–Kier alpha value is -1.84. The number of aliphatic imine (C=N–C) groups is 1. The Morgan fingerprint density at radius 1 is 1.26 bits per heavy atom. The van der Waals surface area contributed by atoms with Gasteiger partial charge in [-0.3, -0.25) is 0 Å². The van der Waals surface area contributed by atoms with Gasteiger partial charge in [0.05, 0.1) is 6.42 Å². The van der Waals surface area contributed by atoms with E-state index in [1.54, 1.807) is 11.7 Å². The van der Waals surface area contributed by atoms with Crippen LogP contribution in [0.4, 0.5) is 13.2 Å². The lowest BCUT2D eigenvalue weighted by molar-refractivity contribution is -0.132. The van der Waals surface area contributed by atoms with E-state index in [-0.39, 0.29) is 13.1 Å². The average molecular weight is 336 g/mol. The summed E-state index contributed by atoms with van der Waals surface area (Å²) in [6, 6.07) is 0. The van der Waals surface area contributed by atoms with Gasteiger partial charge in [-0.1, -0.05) is 0 Å². The summed E-state index contributed by atoms with van der Waals surface area (Å²) in [7, 11) is 3.40. The highest BCUT2D eigenvalue weighted by Crippen LogP contribution is 2.18. The van der Waals surface area contributed by atoms with E-state index in [0.29, 0.717) is 24.9 Å². The first-order chi connectivity index (χ1) is 10.8. The Bertz CT molecular complexity index is 500. The van der Waals surface area contributed by atoms with Gasteiger partial charge in [0.15, 0.2) is 11.8 Å². The molecule has 0 saturated carbocycles. The third kappa shape index (κ3) is 7.82. The molecule has 0 aliphatic carbocycles. The zero-order valence-corrected chi connectivity index (χ0v) is 13.6. The molecule has 10 heteroatoms. The molecule has 1 aromatic rings. The number of aryl methyl sites for hydroxylation is 1. The Morgan fingerprint density at radius 2 is 1.96 bits per heavy atom. The van der Waals surface area contributed by atoms with Gasteiger partial charge in [-0.25, -0.2) is 4.99 Å². The van der Waals surface area contributed by atoms with Crippen molar-refractivity contribution in [1.82, 2.24) is 25.4 Å². The van der Waals surface area contributed by atoms with E-state index in [0.717, 1.165) is 12.2 Å². The van der Waals surface area contributed by atoms with Crippen LogP contribution >= 0.6 is 0 Å². The predicted octanol–water partition coefficient (Wildman–Crippen LogP) is 1.15. The van der Waals surface area contributed by atoms with Crippen LogP contribution in [0.25, 0.3) is 0 Å². The quantitative estimate of drug-likeness (QED) is 0.423. The molecule has 7 nitrogen and oxygen atoms in total. The average Bonchev–Trinajstić information content (AvgIpc) is 2.79. The topological polar surface area (TPSA) is 76.4 Å². The molecule has 23 heavy (non-hydrogen) atoms. The van der Waals surface area contributed by atoms with Crippen LogP contribution in [0.2, 0.25) is 0 Å². The second kappa shape index (κ2) is 9.33. The Kier molecular flexibility index (Phi) is 7.79. The molecular weight excluding hydrogens is 313 g/mol. The number of guanidine groups is 1. The Balaban J connectivity index is 2.57. The van der Waals surface area contributed by atoms with Crippen molar-refractivity contribution in [3.05, 3.63) is 11.6 Å². The lowest BCUT2D eigenvalue weighted by Crippen LogP contribution is -2.39. The minimum atomic E-state index is -4.20. The molecule has 1 aromatic heterocycles. The zero-order chi connectivity index (χ0) is 17.3. The lowest BCUT2D eigenvalue weighted by Gasteiger charge is -2.13. The van der Waals surface area contributed by atoms with Gasteiger partial charge in [0, 0.05) is 33.9 Å². The van der Waals surface area contributed by atoms with Crippen molar-refractivity contribution in [3.63, 3.8) is 0 Å². The van der Waals surface area contributed by atoms with E-state index in [1.165, 1.54) is 0 Å². The van der Waals surface area contributed by atoms with Gasteiger partial charge in [-0.2, -0.15) is 13.2 Å². The van der Waals surface area contributed by atoms with Crippen LogP contribution in [0.1, 0.15) is 24.5 Å². The van der Waals surface area contributed by atoms with Crippen molar-refractivity contribution >= 4 is 5.96 Å². The summed E-state index contributed by atoms with van der Waals surface area (Å²) in [6.07, 6.45) is -4.40. The van der Waals surface area contributed by atoms with Crippen molar-refractivity contribution in [1.29, 1.82) is 0 Å². The third-order valence-corrected chi connectivity index (χ3v) is 3.08. The summed E-state index contributed by atoms with van der Waals surface area (Å²) in [5, 5.41) is 13.5. The number of nitrogens with zero attached hydrogens (tertiary/aromatic N) is 4. The fourth-order valence-corrected chi connectivity index (χ4v) is 1.66. The van der Waals surface area contributed by atoms with Gasteiger partial charge in [-0.15, -0.1) is 10.2 Å². The molecule has 0 aliphatic heterocycles. The second-order valence-corrected chi connectivity index (χ2v) is 4.95. The van der Waals surface area contributed by atoms with Crippen LogP contribution in [0.3, 0.4) is 0 Å². The summed E-state index contributed by atoms with van der Waals surface area (Å²) in [4.78, 5) is 4.25. The van der Waals surface area contributed by atoms with E-state index in [2.05, 4.69) is 25.8 Å². The highest BCUT2D eigenvalue weighted by atomic mass is 19.4. The van der Waals surface area contributed by atoms with Gasteiger partial charge in [0.2, 0.25) is 0 Å². The number of rotatable bonds is 8. The van der Waals surface area contributed by atoms with Crippen molar-refractivity contribution < 1.29 is 17.9 Å². The van der Waals surface area contributed by atoms with E-state index >= 15 is 0 Å². The monoisotopic (exact) mass is 336 g/mol. The molecule has 1 heterocycles. The van der Waals surface area contributed by atoms with Crippen LogP contribution in [0, 0.1) is 6.92 Å². The number of hydrogen-bond acceptors (Lipinski definition) is 4. The minimum absolute atomic E-state index is 0.225. The first-order valence-corrected chi connectivity index (χ1v) is 7.26. The van der Waals surface area contributed by atoms with Gasteiger partial charge < -0.3 is 19.9 Å². The van der Waals surface area contributed by atoms with E-state index < -0.39 is 12.6 Å².